The Labute approximate surface area is 140 Å². The van der Waals surface area contributed by atoms with Gasteiger partial charge in [0.15, 0.2) is 0 Å². The maximum absolute atomic E-state index is 13.0. The molecule has 3 aromatic rings. The number of ether oxygens (including phenoxy) is 1. The monoisotopic (exact) mass is 324 g/mol. The van der Waals surface area contributed by atoms with E-state index in [4.69, 9.17) is 9.15 Å². The Morgan fingerprint density at radius 3 is 2.83 bits per heavy atom. The average Bonchev–Trinajstić information content (AvgIpc) is 2.99. The maximum atomic E-state index is 13.0. The number of hydrogen-bond donors (Lipinski definition) is 0. The number of methoxy groups -OCH3 is 1. The second-order valence-electron chi connectivity index (χ2n) is 5.72. The van der Waals surface area contributed by atoms with Crippen molar-refractivity contribution in [3.05, 3.63) is 65.7 Å². The Hall–Kier alpha value is -2.66. The molecule has 0 fully saturated rings. The van der Waals surface area contributed by atoms with Gasteiger partial charge in [-0.15, -0.1) is 0 Å². The van der Waals surface area contributed by atoms with Gasteiger partial charge in [-0.3, -0.25) is 9.78 Å². The van der Waals surface area contributed by atoms with Crippen molar-refractivity contribution in [2.45, 2.75) is 13.0 Å². The van der Waals surface area contributed by atoms with Crippen molar-refractivity contribution in [2.24, 2.45) is 0 Å². The predicted octanol–water partition coefficient (Wildman–Crippen LogP) is 3.60. The molecule has 0 saturated heterocycles. The first kappa shape index (κ1) is 16.2. The quantitative estimate of drug-likeness (QED) is 0.719. The highest BCUT2D eigenvalue weighted by Gasteiger charge is 2.25. The van der Waals surface area contributed by atoms with Crippen molar-refractivity contribution in [2.75, 3.05) is 20.8 Å². The van der Waals surface area contributed by atoms with E-state index in [9.17, 15) is 4.79 Å². The van der Waals surface area contributed by atoms with E-state index in [2.05, 4.69) is 4.98 Å². The molecule has 1 unspecified atom stereocenters. The van der Waals surface area contributed by atoms with Gasteiger partial charge < -0.3 is 14.1 Å². The number of amides is 1. The lowest BCUT2D eigenvalue weighted by Gasteiger charge is -2.27. The first-order chi connectivity index (χ1) is 11.6. The van der Waals surface area contributed by atoms with Gasteiger partial charge in [-0.05, 0) is 31.2 Å². The number of rotatable bonds is 5. The third-order valence-electron chi connectivity index (χ3n) is 4.04. The summed E-state index contributed by atoms with van der Waals surface area (Å²) in [5.74, 6) is 0.661. The minimum absolute atomic E-state index is 0.123. The van der Waals surface area contributed by atoms with Crippen LogP contribution in [0, 0.1) is 6.92 Å². The molecule has 5 heteroatoms. The summed E-state index contributed by atoms with van der Waals surface area (Å²) >= 11 is 0. The Kier molecular flexibility index (Phi) is 4.62. The predicted molar refractivity (Wildman–Crippen MR) is 91.9 cm³/mol. The van der Waals surface area contributed by atoms with Gasteiger partial charge in [0.05, 0.1) is 23.9 Å². The Balaban J connectivity index is 1.97. The fourth-order valence-corrected chi connectivity index (χ4v) is 2.82. The summed E-state index contributed by atoms with van der Waals surface area (Å²) in [7, 11) is 3.38. The number of carbonyl (C=O) groups excluding carboxylic acids is 1. The molecule has 0 radical (unpaired) electrons. The van der Waals surface area contributed by atoms with Crippen LogP contribution < -0.4 is 0 Å². The highest BCUT2D eigenvalue weighted by atomic mass is 16.5. The summed E-state index contributed by atoms with van der Waals surface area (Å²) < 4.78 is 11.0. The molecule has 2 heterocycles. The SMILES string of the molecule is COCC(c1ccccn1)N(C)C(=O)c1cccc2cc(C)oc12. The first-order valence-electron chi connectivity index (χ1n) is 7.78. The zero-order valence-corrected chi connectivity index (χ0v) is 14.0. The number of carbonyl (C=O) groups is 1. The molecule has 1 aromatic carbocycles. The van der Waals surface area contributed by atoms with Crippen LogP contribution >= 0.6 is 0 Å². The number of pyridine rings is 1. The van der Waals surface area contributed by atoms with Crippen molar-refractivity contribution < 1.29 is 13.9 Å². The molecule has 0 aliphatic heterocycles. The zero-order valence-electron chi connectivity index (χ0n) is 14.0. The van der Waals surface area contributed by atoms with Crippen LogP contribution in [0.5, 0.6) is 0 Å². The molecular weight excluding hydrogens is 304 g/mol. The number of hydrogen-bond acceptors (Lipinski definition) is 4. The Morgan fingerprint density at radius 2 is 2.12 bits per heavy atom. The number of aryl methyl sites for hydroxylation is 1. The lowest BCUT2D eigenvalue weighted by Crippen LogP contribution is -2.34. The topological polar surface area (TPSA) is 55.6 Å². The standard InChI is InChI=1S/C19H20N2O3/c1-13-11-14-7-6-8-15(18(14)24-13)19(22)21(2)17(12-23-3)16-9-4-5-10-20-16/h4-11,17H,12H2,1-3H3. The van der Waals surface area contributed by atoms with E-state index in [1.807, 2.05) is 43.3 Å². The fourth-order valence-electron chi connectivity index (χ4n) is 2.82. The second-order valence-corrected chi connectivity index (χ2v) is 5.72. The van der Waals surface area contributed by atoms with Crippen molar-refractivity contribution in [1.29, 1.82) is 0 Å². The van der Waals surface area contributed by atoms with E-state index in [1.165, 1.54) is 0 Å². The van der Waals surface area contributed by atoms with E-state index in [1.54, 1.807) is 31.3 Å². The van der Waals surface area contributed by atoms with Crippen molar-refractivity contribution >= 4 is 16.9 Å². The molecule has 0 spiro atoms. The normalized spacial score (nSPS) is 12.3. The molecule has 1 atom stereocenters. The second kappa shape index (κ2) is 6.84. The van der Waals surface area contributed by atoms with Crippen molar-refractivity contribution in [1.82, 2.24) is 9.88 Å². The number of para-hydroxylation sites is 1. The number of fused-ring (bicyclic) bond motifs is 1. The van der Waals surface area contributed by atoms with Gasteiger partial charge in [0.1, 0.15) is 11.3 Å². The molecule has 0 saturated carbocycles. The van der Waals surface area contributed by atoms with Crippen molar-refractivity contribution in [3.63, 3.8) is 0 Å². The van der Waals surface area contributed by atoms with Gasteiger partial charge in [0, 0.05) is 25.7 Å². The average molecular weight is 324 g/mol. The molecule has 1 amide bonds. The van der Waals surface area contributed by atoms with Crippen LogP contribution in [0.25, 0.3) is 11.0 Å². The van der Waals surface area contributed by atoms with Gasteiger partial charge in [-0.25, -0.2) is 0 Å². The van der Waals surface area contributed by atoms with Crippen LogP contribution in [0.15, 0.2) is 53.1 Å². The molecule has 2 aromatic heterocycles. The smallest absolute Gasteiger partial charge is 0.258 e. The number of benzene rings is 1. The van der Waals surface area contributed by atoms with Crippen LogP contribution in [-0.4, -0.2) is 36.6 Å². The minimum Gasteiger partial charge on any atom is -0.461 e. The lowest BCUT2D eigenvalue weighted by atomic mass is 10.1. The van der Waals surface area contributed by atoms with Gasteiger partial charge in [0.2, 0.25) is 0 Å². The van der Waals surface area contributed by atoms with Crippen molar-refractivity contribution in [3.8, 4) is 0 Å². The number of likely N-dealkylation sites (N-methyl/N-ethyl adjacent to an activating group) is 1. The van der Waals surface area contributed by atoms with Crippen LogP contribution in [-0.2, 0) is 4.74 Å². The molecular formula is C19H20N2O3. The Morgan fingerprint density at radius 1 is 1.29 bits per heavy atom. The van der Waals surface area contributed by atoms with Crippen LogP contribution in [0.4, 0.5) is 0 Å². The van der Waals surface area contributed by atoms with Crippen LogP contribution in [0.3, 0.4) is 0 Å². The van der Waals surface area contributed by atoms with Gasteiger partial charge in [-0.2, -0.15) is 0 Å². The molecule has 0 bridgehead atoms. The molecule has 5 nitrogen and oxygen atoms in total. The van der Waals surface area contributed by atoms with E-state index in [-0.39, 0.29) is 11.9 Å². The third kappa shape index (κ3) is 3.03. The summed E-state index contributed by atoms with van der Waals surface area (Å²) in [5, 5.41) is 0.924. The van der Waals surface area contributed by atoms with Gasteiger partial charge in [-0.1, -0.05) is 18.2 Å². The van der Waals surface area contributed by atoms with E-state index < -0.39 is 0 Å². The van der Waals surface area contributed by atoms with E-state index >= 15 is 0 Å². The molecule has 0 aliphatic carbocycles. The summed E-state index contributed by atoms with van der Waals surface area (Å²) in [6.45, 7) is 2.24. The lowest BCUT2D eigenvalue weighted by molar-refractivity contribution is 0.0596. The van der Waals surface area contributed by atoms with Crippen LogP contribution in [0.1, 0.15) is 27.9 Å². The van der Waals surface area contributed by atoms with Gasteiger partial charge >= 0.3 is 0 Å². The number of nitrogens with zero attached hydrogens (tertiary/aromatic N) is 2. The zero-order chi connectivity index (χ0) is 17.1. The maximum Gasteiger partial charge on any atom is 0.258 e. The molecule has 124 valence electrons. The van der Waals surface area contributed by atoms with E-state index in [0.717, 1.165) is 16.8 Å². The summed E-state index contributed by atoms with van der Waals surface area (Å²) in [4.78, 5) is 19.1. The highest BCUT2D eigenvalue weighted by Crippen LogP contribution is 2.26. The van der Waals surface area contributed by atoms with E-state index in [0.29, 0.717) is 17.8 Å². The summed E-state index contributed by atoms with van der Waals surface area (Å²) in [5.41, 5.74) is 1.95. The number of furan rings is 1. The number of aromatic nitrogens is 1. The largest absolute Gasteiger partial charge is 0.461 e. The van der Waals surface area contributed by atoms with Gasteiger partial charge in [0.25, 0.3) is 5.91 Å². The fraction of sp³-hybridized carbons (Fsp3) is 0.263. The first-order valence-corrected chi connectivity index (χ1v) is 7.78. The Bertz CT molecular complexity index is 842. The summed E-state index contributed by atoms with van der Waals surface area (Å²) in [6, 6.07) is 12.9. The molecule has 3 rings (SSSR count). The minimum atomic E-state index is -0.269. The highest BCUT2D eigenvalue weighted by molar-refractivity contribution is 6.05. The summed E-state index contributed by atoms with van der Waals surface area (Å²) in [6.07, 6.45) is 1.72. The molecule has 24 heavy (non-hydrogen) atoms. The third-order valence-corrected chi connectivity index (χ3v) is 4.04. The van der Waals surface area contributed by atoms with Crippen LogP contribution in [0.2, 0.25) is 0 Å². The molecule has 0 aliphatic rings. The molecule has 0 N–H and O–H groups in total.